The van der Waals surface area contributed by atoms with Gasteiger partial charge >= 0.3 is 0 Å². The van der Waals surface area contributed by atoms with Crippen molar-refractivity contribution in [2.75, 3.05) is 6.54 Å². The van der Waals surface area contributed by atoms with Gasteiger partial charge in [0.1, 0.15) is 6.29 Å². The van der Waals surface area contributed by atoms with Crippen LogP contribution in [0.3, 0.4) is 0 Å². The van der Waals surface area contributed by atoms with E-state index in [0.717, 1.165) is 19.3 Å². The number of hydrogen-bond donors (Lipinski definition) is 0. The first-order chi connectivity index (χ1) is 4.75. The molecule has 0 aromatic carbocycles. The molecule has 2 nitrogen and oxygen atoms in total. The summed E-state index contributed by atoms with van der Waals surface area (Å²) >= 11 is 0. The molecule has 1 aliphatic rings. The van der Waals surface area contributed by atoms with Gasteiger partial charge in [0.05, 0.1) is 6.04 Å². The molecule has 1 saturated heterocycles. The highest BCUT2D eigenvalue weighted by atomic mass is 16.1. The third-order valence-corrected chi connectivity index (χ3v) is 2.16. The topological polar surface area (TPSA) is 20.3 Å². The van der Waals surface area contributed by atoms with Gasteiger partial charge in [0.25, 0.3) is 0 Å². The zero-order valence-corrected chi connectivity index (χ0v) is 6.71. The molecule has 0 amide bonds. The molecule has 1 fully saturated rings. The highest BCUT2D eigenvalue weighted by Crippen LogP contribution is 2.17. The minimum Gasteiger partial charge on any atom is -0.302 e. The second-order valence-electron chi connectivity index (χ2n) is 3.18. The van der Waals surface area contributed by atoms with Crippen molar-refractivity contribution in [2.45, 2.75) is 38.8 Å². The van der Waals surface area contributed by atoms with Gasteiger partial charge in [-0.2, -0.15) is 0 Å². The fraction of sp³-hybridized carbons (Fsp3) is 0.875. The molecule has 0 aromatic heterocycles. The molecule has 1 atom stereocenters. The predicted molar refractivity (Wildman–Crippen MR) is 40.9 cm³/mol. The third-order valence-electron chi connectivity index (χ3n) is 2.16. The molecule has 0 bridgehead atoms. The standard InChI is InChI=1S/C8H15NO/c1-7(2)9-5-3-4-8(9)6-10/h6-8H,3-5H2,1-2H3/t8-/m1/s1. The Morgan fingerprint density at radius 1 is 1.60 bits per heavy atom. The van der Waals surface area contributed by atoms with Crippen LogP contribution in [0.1, 0.15) is 26.7 Å². The van der Waals surface area contributed by atoms with Crippen LogP contribution in [0, 0.1) is 0 Å². The summed E-state index contributed by atoms with van der Waals surface area (Å²) in [5, 5.41) is 0. The Labute approximate surface area is 62.2 Å². The maximum atomic E-state index is 10.5. The lowest BCUT2D eigenvalue weighted by atomic mass is 10.2. The lowest BCUT2D eigenvalue weighted by Gasteiger charge is -2.23. The molecule has 0 aliphatic carbocycles. The summed E-state index contributed by atoms with van der Waals surface area (Å²) in [7, 11) is 0. The van der Waals surface area contributed by atoms with E-state index >= 15 is 0 Å². The van der Waals surface area contributed by atoms with Gasteiger partial charge in [0.15, 0.2) is 0 Å². The summed E-state index contributed by atoms with van der Waals surface area (Å²) in [4.78, 5) is 12.7. The molecule has 10 heavy (non-hydrogen) atoms. The monoisotopic (exact) mass is 141 g/mol. The molecule has 0 saturated carbocycles. The number of aldehydes is 1. The van der Waals surface area contributed by atoms with E-state index in [1.54, 1.807) is 0 Å². The van der Waals surface area contributed by atoms with Crippen LogP contribution in [0.4, 0.5) is 0 Å². The zero-order valence-electron chi connectivity index (χ0n) is 6.71. The number of nitrogens with zero attached hydrogens (tertiary/aromatic N) is 1. The third kappa shape index (κ3) is 1.37. The molecule has 0 spiro atoms. The molecule has 0 radical (unpaired) electrons. The average molecular weight is 141 g/mol. The Morgan fingerprint density at radius 2 is 2.30 bits per heavy atom. The van der Waals surface area contributed by atoms with Crippen molar-refractivity contribution in [1.29, 1.82) is 0 Å². The SMILES string of the molecule is CC(C)N1CCC[C@@H]1C=O. The highest BCUT2D eigenvalue weighted by Gasteiger charge is 2.25. The Bertz CT molecular complexity index is 122. The maximum absolute atomic E-state index is 10.5. The van der Waals surface area contributed by atoms with E-state index < -0.39 is 0 Å². The predicted octanol–water partition coefficient (Wildman–Crippen LogP) is 1.06. The Hall–Kier alpha value is -0.370. The number of carbonyl (C=O) groups is 1. The summed E-state index contributed by atoms with van der Waals surface area (Å²) in [6.45, 7) is 5.38. The number of likely N-dealkylation sites (tertiary alicyclic amines) is 1. The van der Waals surface area contributed by atoms with Gasteiger partial charge in [-0.25, -0.2) is 0 Å². The molecule has 2 heteroatoms. The van der Waals surface area contributed by atoms with E-state index in [-0.39, 0.29) is 6.04 Å². The smallest absolute Gasteiger partial charge is 0.137 e. The molecule has 1 rings (SSSR count). The molecular formula is C8H15NO. The van der Waals surface area contributed by atoms with Gasteiger partial charge in [-0.15, -0.1) is 0 Å². The lowest BCUT2D eigenvalue weighted by molar-refractivity contribution is -0.112. The first-order valence-electron chi connectivity index (χ1n) is 3.96. The van der Waals surface area contributed by atoms with Gasteiger partial charge in [-0.1, -0.05) is 0 Å². The average Bonchev–Trinajstić information content (AvgIpc) is 2.33. The first kappa shape index (κ1) is 7.73. The van der Waals surface area contributed by atoms with E-state index in [2.05, 4.69) is 18.7 Å². The van der Waals surface area contributed by atoms with Crippen molar-refractivity contribution in [3.8, 4) is 0 Å². The molecule has 0 unspecified atom stereocenters. The molecule has 1 heterocycles. The van der Waals surface area contributed by atoms with E-state index in [1.807, 2.05) is 0 Å². The summed E-state index contributed by atoms with van der Waals surface area (Å²) < 4.78 is 0. The van der Waals surface area contributed by atoms with E-state index in [4.69, 9.17) is 0 Å². The fourth-order valence-electron chi connectivity index (χ4n) is 1.60. The van der Waals surface area contributed by atoms with Gasteiger partial charge in [-0.3, -0.25) is 4.90 Å². The van der Waals surface area contributed by atoms with Crippen molar-refractivity contribution in [2.24, 2.45) is 0 Å². The molecular weight excluding hydrogens is 126 g/mol. The van der Waals surface area contributed by atoms with Crippen LogP contribution in [0.2, 0.25) is 0 Å². The van der Waals surface area contributed by atoms with E-state index in [0.29, 0.717) is 6.04 Å². The molecule has 58 valence electrons. The maximum Gasteiger partial charge on any atom is 0.137 e. The number of carbonyl (C=O) groups excluding carboxylic acids is 1. The van der Waals surface area contributed by atoms with Crippen LogP contribution in [-0.4, -0.2) is 29.8 Å². The largest absolute Gasteiger partial charge is 0.302 e. The highest BCUT2D eigenvalue weighted by molar-refractivity contribution is 5.58. The molecule has 0 N–H and O–H groups in total. The Morgan fingerprint density at radius 3 is 2.70 bits per heavy atom. The van der Waals surface area contributed by atoms with Gasteiger partial charge in [0, 0.05) is 6.04 Å². The number of hydrogen-bond acceptors (Lipinski definition) is 2. The minimum absolute atomic E-state index is 0.208. The van der Waals surface area contributed by atoms with Gasteiger partial charge in [0.2, 0.25) is 0 Å². The van der Waals surface area contributed by atoms with Crippen molar-refractivity contribution >= 4 is 6.29 Å². The van der Waals surface area contributed by atoms with Crippen molar-refractivity contribution < 1.29 is 4.79 Å². The summed E-state index contributed by atoms with van der Waals surface area (Å²) in [6, 6.07) is 0.734. The minimum atomic E-state index is 0.208. The summed E-state index contributed by atoms with van der Waals surface area (Å²) in [5.41, 5.74) is 0. The number of rotatable bonds is 2. The van der Waals surface area contributed by atoms with Crippen molar-refractivity contribution in [3.05, 3.63) is 0 Å². The zero-order chi connectivity index (χ0) is 7.56. The van der Waals surface area contributed by atoms with Crippen molar-refractivity contribution in [3.63, 3.8) is 0 Å². The Kier molecular flexibility index (Phi) is 2.44. The van der Waals surface area contributed by atoms with Crippen LogP contribution >= 0.6 is 0 Å². The normalized spacial score (nSPS) is 27.7. The summed E-state index contributed by atoms with van der Waals surface area (Å²) in [6.07, 6.45) is 3.32. The first-order valence-corrected chi connectivity index (χ1v) is 3.96. The van der Waals surface area contributed by atoms with Gasteiger partial charge in [-0.05, 0) is 33.2 Å². The van der Waals surface area contributed by atoms with Crippen LogP contribution in [-0.2, 0) is 4.79 Å². The van der Waals surface area contributed by atoms with Gasteiger partial charge < -0.3 is 4.79 Å². The van der Waals surface area contributed by atoms with Crippen LogP contribution < -0.4 is 0 Å². The van der Waals surface area contributed by atoms with Crippen LogP contribution in [0.15, 0.2) is 0 Å². The second-order valence-corrected chi connectivity index (χ2v) is 3.18. The van der Waals surface area contributed by atoms with Crippen molar-refractivity contribution in [1.82, 2.24) is 4.90 Å². The Balaban J connectivity index is 2.49. The van der Waals surface area contributed by atoms with Crippen LogP contribution in [0.5, 0.6) is 0 Å². The fourth-order valence-corrected chi connectivity index (χ4v) is 1.60. The van der Waals surface area contributed by atoms with E-state index in [9.17, 15) is 4.79 Å². The summed E-state index contributed by atoms with van der Waals surface area (Å²) in [5.74, 6) is 0. The quantitative estimate of drug-likeness (QED) is 0.536. The van der Waals surface area contributed by atoms with E-state index in [1.165, 1.54) is 6.42 Å². The molecule has 0 aromatic rings. The van der Waals surface area contributed by atoms with Crippen LogP contribution in [0.25, 0.3) is 0 Å². The second kappa shape index (κ2) is 3.15. The lowest BCUT2D eigenvalue weighted by Crippen LogP contribution is -2.36. The molecule has 1 aliphatic heterocycles.